The number of nitrogens with zero attached hydrogens (tertiary/aromatic N) is 1. The Balaban J connectivity index is 2.34. The maximum Gasteiger partial charge on any atom is 0.243 e. The van der Waals surface area contributed by atoms with Crippen molar-refractivity contribution < 1.29 is 15.0 Å². The summed E-state index contributed by atoms with van der Waals surface area (Å²) in [5, 5.41) is 21.9. The van der Waals surface area contributed by atoms with Gasteiger partial charge in [-0.1, -0.05) is 0 Å². The highest BCUT2D eigenvalue weighted by atomic mass is 16.3. The molecule has 1 heterocycles. The van der Waals surface area contributed by atoms with Crippen LogP contribution >= 0.6 is 0 Å². The van der Waals surface area contributed by atoms with Crippen LogP contribution in [0.2, 0.25) is 0 Å². The summed E-state index contributed by atoms with van der Waals surface area (Å²) in [4.78, 5) is 13.3. The summed E-state index contributed by atoms with van der Waals surface area (Å²) in [6.45, 7) is 3.96. The van der Waals surface area contributed by atoms with Crippen molar-refractivity contribution in [2.24, 2.45) is 0 Å². The van der Waals surface area contributed by atoms with Gasteiger partial charge in [-0.3, -0.25) is 4.79 Å². The number of anilines is 2. The molecule has 0 radical (unpaired) electrons. The smallest absolute Gasteiger partial charge is 0.243 e. The van der Waals surface area contributed by atoms with E-state index in [4.69, 9.17) is 0 Å². The van der Waals surface area contributed by atoms with Crippen LogP contribution in [0.3, 0.4) is 0 Å². The van der Waals surface area contributed by atoms with Gasteiger partial charge in [-0.15, -0.1) is 0 Å². The fourth-order valence-corrected chi connectivity index (χ4v) is 1.96. The number of hydrogen-bond donors (Lipinski definition) is 3. The number of phenolic OH excluding ortho intramolecular Hbond substituents is 1. The number of nitrogens with one attached hydrogen (secondary N) is 1. The van der Waals surface area contributed by atoms with Gasteiger partial charge >= 0.3 is 0 Å². The molecule has 1 amide bonds. The van der Waals surface area contributed by atoms with Gasteiger partial charge < -0.3 is 20.4 Å². The lowest BCUT2D eigenvalue weighted by Gasteiger charge is -2.34. The molecule has 0 fully saturated rings. The third-order valence-electron chi connectivity index (χ3n) is 2.51. The second-order valence-corrected chi connectivity index (χ2v) is 4.92. The molecule has 2 rings (SSSR count). The van der Waals surface area contributed by atoms with Crippen molar-refractivity contribution in [1.82, 2.24) is 0 Å². The summed E-state index contributed by atoms with van der Waals surface area (Å²) in [5.74, 6) is -0.0403. The molecule has 17 heavy (non-hydrogen) atoms. The van der Waals surface area contributed by atoms with Crippen molar-refractivity contribution in [1.29, 1.82) is 0 Å². The molecule has 92 valence electrons. The van der Waals surface area contributed by atoms with E-state index in [1.54, 1.807) is 30.9 Å². The largest absolute Gasteiger partial charge is 0.508 e. The number of amides is 1. The first-order chi connectivity index (χ1) is 7.85. The number of hydrogen-bond acceptors (Lipinski definition) is 4. The van der Waals surface area contributed by atoms with E-state index >= 15 is 0 Å². The van der Waals surface area contributed by atoms with Crippen molar-refractivity contribution in [3.05, 3.63) is 18.2 Å². The van der Waals surface area contributed by atoms with Gasteiger partial charge in [-0.25, -0.2) is 0 Å². The van der Waals surface area contributed by atoms with E-state index in [2.05, 4.69) is 5.32 Å². The first-order valence-electron chi connectivity index (χ1n) is 5.45. The van der Waals surface area contributed by atoms with Gasteiger partial charge in [-0.05, 0) is 26.0 Å². The predicted molar refractivity (Wildman–Crippen MR) is 65.2 cm³/mol. The second-order valence-electron chi connectivity index (χ2n) is 4.92. The van der Waals surface area contributed by atoms with Crippen LogP contribution in [-0.2, 0) is 4.79 Å². The van der Waals surface area contributed by atoms with Crippen LogP contribution in [0.25, 0.3) is 0 Å². The molecule has 1 aliphatic rings. The number of aromatic hydroxyl groups is 1. The summed E-state index contributed by atoms with van der Waals surface area (Å²) >= 11 is 0. The summed E-state index contributed by atoms with van der Waals surface area (Å²) in [7, 11) is 0. The lowest BCUT2D eigenvalue weighted by molar-refractivity contribution is -0.115. The van der Waals surface area contributed by atoms with Gasteiger partial charge in [0.05, 0.1) is 23.5 Å². The molecule has 1 aromatic carbocycles. The molecule has 5 nitrogen and oxygen atoms in total. The topological polar surface area (TPSA) is 72.8 Å². The first kappa shape index (κ1) is 11.7. The molecule has 0 bridgehead atoms. The molecule has 3 N–H and O–H groups in total. The molecule has 0 atom stereocenters. The second kappa shape index (κ2) is 3.92. The van der Waals surface area contributed by atoms with Crippen LogP contribution in [0.4, 0.5) is 11.4 Å². The zero-order valence-electron chi connectivity index (χ0n) is 9.90. The highest BCUT2D eigenvalue weighted by Crippen LogP contribution is 2.33. The number of fused-ring (bicyclic) bond motifs is 1. The minimum atomic E-state index is -0.882. The third kappa shape index (κ3) is 2.68. The Morgan fingerprint density at radius 2 is 2.18 bits per heavy atom. The Bertz CT molecular complexity index is 452. The average molecular weight is 236 g/mol. The molecule has 1 aromatic rings. The third-order valence-corrected chi connectivity index (χ3v) is 2.51. The van der Waals surface area contributed by atoms with Gasteiger partial charge in [0.15, 0.2) is 0 Å². The summed E-state index contributed by atoms with van der Waals surface area (Å²) in [6, 6.07) is 4.80. The number of rotatable bonds is 2. The van der Waals surface area contributed by atoms with Gasteiger partial charge in [0.2, 0.25) is 5.91 Å². The Labute approximate surface area is 99.7 Å². The molecular formula is C12H16N2O3. The van der Waals surface area contributed by atoms with Gasteiger partial charge in [0.25, 0.3) is 0 Å². The summed E-state index contributed by atoms with van der Waals surface area (Å²) in [5.41, 5.74) is 0.502. The lowest BCUT2D eigenvalue weighted by atomic mass is 10.1. The van der Waals surface area contributed by atoms with E-state index in [9.17, 15) is 15.0 Å². The zero-order chi connectivity index (χ0) is 12.6. The number of carbonyl (C=O) groups is 1. The Hall–Kier alpha value is -1.75. The predicted octanol–water partition coefficient (Wildman–Crippen LogP) is 0.922. The Morgan fingerprint density at radius 3 is 2.82 bits per heavy atom. The highest BCUT2D eigenvalue weighted by molar-refractivity contribution is 6.01. The number of aliphatic hydroxyl groups is 1. The Morgan fingerprint density at radius 1 is 1.47 bits per heavy atom. The van der Waals surface area contributed by atoms with E-state index in [-0.39, 0.29) is 18.2 Å². The van der Waals surface area contributed by atoms with Gasteiger partial charge in [0, 0.05) is 12.6 Å². The molecule has 0 aliphatic carbocycles. The van der Waals surface area contributed by atoms with Crippen molar-refractivity contribution in [2.75, 3.05) is 23.3 Å². The molecule has 0 saturated heterocycles. The van der Waals surface area contributed by atoms with Crippen molar-refractivity contribution in [2.45, 2.75) is 19.4 Å². The molecule has 0 spiro atoms. The van der Waals surface area contributed by atoms with Crippen LogP contribution in [0, 0.1) is 0 Å². The van der Waals surface area contributed by atoms with E-state index in [1.165, 1.54) is 6.07 Å². The minimum absolute atomic E-state index is 0.106. The number of carbonyl (C=O) groups excluding carboxylic acids is 1. The normalized spacial score (nSPS) is 15.5. The summed E-state index contributed by atoms with van der Waals surface area (Å²) in [6.07, 6.45) is 0. The van der Waals surface area contributed by atoms with E-state index in [1.807, 2.05) is 0 Å². The fraction of sp³-hybridized carbons (Fsp3) is 0.417. The van der Waals surface area contributed by atoms with Crippen LogP contribution in [0.5, 0.6) is 5.75 Å². The lowest BCUT2D eigenvalue weighted by Crippen LogP contribution is -2.45. The molecular weight excluding hydrogens is 220 g/mol. The molecule has 0 saturated carbocycles. The van der Waals surface area contributed by atoms with Crippen LogP contribution in [0.1, 0.15) is 13.8 Å². The fourth-order valence-electron chi connectivity index (χ4n) is 1.96. The molecule has 5 heteroatoms. The number of phenols is 1. The molecule has 1 aliphatic heterocycles. The van der Waals surface area contributed by atoms with Crippen molar-refractivity contribution in [3.63, 3.8) is 0 Å². The number of β-amino-alcohol motifs (C(OH)–C–C–N with tert-alkyl or cyclic N) is 1. The monoisotopic (exact) mass is 236 g/mol. The van der Waals surface area contributed by atoms with E-state index in [0.29, 0.717) is 12.2 Å². The van der Waals surface area contributed by atoms with E-state index in [0.717, 1.165) is 5.69 Å². The number of benzene rings is 1. The van der Waals surface area contributed by atoms with Gasteiger partial charge in [-0.2, -0.15) is 0 Å². The Kier molecular flexibility index (Phi) is 2.71. The van der Waals surface area contributed by atoms with Crippen LogP contribution in [-0.4, -0.2) is 34.8 Å². The maximum absolute atomic E-state index is 11.5. The quantitative estimate of drug-likeness (QED) is 0.714. The first-order valence-corrected chi connectivity index (χ1v) is 5.45. The van der Waals surface area contributed by atoms with E-state index < -0.39 is 5.60 Å². The average Bonchev–Trinajstić information content (AvgIpc) is 2.13. The van der Waals surface area contributed by atoms with Crippen LogP contribution in [0.15, 0.2) is 18.2 Å². The highest BCUT2D eigenvalue weighted by Gasteiger charge is 2.26. The summed E-state index contributed by atoms with van der Waals surface area (Å²) < 4.78 is 0. The SMILES string of the molecule is CC(C)(O)CN1CC(=O)Nc2cc(O)ccc21. The zero-order valence-corrected chi connectivity index (χ0v) is 9.90. The van der Waals surface area contributed by atoms with Crippen molar-refractivity contribution in [3.8, 4) is 5.75 Å². The maximum atomic E-state index is 11.5. The molecule has 0 aromatic heterocycles. The minimum Gasteiger partial charge on any atom is -0.508 e. The standard InChI is InChI=1S/C12H16N2O3/c1-12(2,17)7-14-6-11(16)13-9-5-8(15)3-4-10(9)14/h3-5,15,17H,6-7H2,1-2H3,(H,13,16). The van der Waals surface area contributed by atoms with Crippen molar-refractivity contribution >= 4 is 17.3 Å². The van der Waals surface area contributed by atoms with Gasteiger partial charge in [0.1, 0.15) is 5.75 Å². The molecule has 0 unspecified atom stereocenters. The van der Waals surface area contributed by atoms with Crippen LogP contribution < -0.4 is 10.2 Å².